The van der Waals surface area contributed by atoms with Crippen LogP contribution < -0.4 is 5.73 Å². The van der Waals surface area contributed by atoms with E-state index in [1.807, 2.05) is 0 Å². The third kappa shape index (κ3) is 3.87. The SMILES string of the molecule is C=C(CCO)C(N)(CCO)CCO. The van der Waals surface area contributed by atoms with Crippen LogP contribution in [-0.4, -0.2) is 40.7 Å². The summed E-state index contributed by atoms with van der Waals surface area (Å²) < 4.78 is 0. The van der Waals surface area contributed by atoms with Crippen molar-refractivity contribution in [3.8, 4) is 0 Å². The molecule has 0 heterocycles. The van der Waals surface area contributed by atoms with Gasteiger partial charge in [0.25, 0.3) is 0 Å². The molecule has 0 aromatic carbocycles. The van der Waals surface area contributed by atoms with E-state index < -0.39 is 5.54 Å². The molecular weight excluding hydrogens is 170 g/mol. The van der Waals surface area contributed by atoms with Crippen molar-refractivity contribution in [1.29, 1.82) is 0 Å². The minimum absolute atomic E-state index is 0.00532. The first-order chi connectivity index (χ1) is 6.10. The standard InChI is InChI=1S/C9H19NO3/c1-8(2-5-11)9(10,3-6-12)4-7-13/h11-13H,1-7,10H2. The maximum absolute atomic E-state index is 8.78. The lowest BCUT2D eigenvalue weighted by Gasteiger charge is -2.30. The summed E-state index contributed by atoms with van der Waals surface area (Å²) in [5, 5.41) is 26.3. The van der Waals surface area contributed by atoms with Gasteiger partial charge in [-0.1, -0.05) is 12.2 Å². The van der Waals surface area contributed by atoms with Crippen molar-refractivity contribution in [2.75, 3.05) is 19.8 Å². The van der Waals surface area contributed by atoms with E-state index in [1.165, 1.54) is 0 Å². The van der Waals surface area contributed by atoms with Gasteiger partial charge in [-0.3, -0.25) is 0 Å². The van der Waals surface area contributed by atoms with Crippen LogP contribution in [0.2, 0.25) is 0 Å². The van der Waals surface area contributed by atoms with Gasteiger partial charge in [-0.05, 0) is 19.3 Å². The molecule has 0 spiro atoms. The number of hydrogen-bond donors (Lipinski definition) is 4. The monoisotopic (exact) mass is 189 g/mol. The van der Waals surface area contributed by atoms with Crippen LogP contribution in [0.15, 0.2) is 12.2 Å². The largest absolute Gasteiger partial charge is 0.396 e. The lowest BCUT2D eigenvalue weighted by molar-refractivity contribution is 0.204. The predicted octanol–water partition coefficient (Wildman–Crippen LogP) is -0.613. The van der Waals surface area contributed by atoms with Crippen LogP contribution in [0.3, 0.4) is 0 Å². The van der Waals surface area contributed by atoms with Gasteiger partial charge in [0, 0.05) is 25.4 Å². The Bertz CT molecular complexity index is 153. The molecule has 0 bridgehead atoms. The molecule has 0 rings (SSSR count). The second kappa shape index (κ2) is 6.10. The number of hydrogen-bond acceptors (Lipinski definition) is 4. The smallest absolute Gasteiger partial charge is 0.0468 e. The Morgan fingerprint density at radius 1 is 1.08 bits per heavy atom. The molecule has 0 atom stereocenters. The number of rotatable bonds is 7. The van der Waals surface area contributed by atoms with Gasteiger partial charge in [-0.25, -0.2) is 0 Å². The van der Waals surface area contributed by atoms with Gasteiger partial charge in [-0.15, -0.1) is 0 Å². The quantitative estimate of drug-likeness (QED) is 0.402. The zero-order valence-corrected chi connectivity index (χ0v) is 7.87. The number of aliphatic hydroxyl groups is 3. The molecule has 4 heteroatoms. The number of aliphatic hydroxyl groups excluding tert-OH is 3. The third-order valence-electron chi connectivity index (χ3n) is 2.23. The van der Waals surface area contributed by atoms with E-state index in [4.69, 9.17) is 21.1 Å². The molecule has 0 saturated heterocycles. The summed E-state index contributed by atoms with van der Waals surface area (Å²) in [6, 6.07) is 0. The summed E-state index contributed by atoms with van der Waals surface area (Å²) in [5.74, 6) is 0. The topological polar surface area (TPSA) is 86.7 Å². The maximum Gasteiger partial charge on any atom is 0.0468 e. The fourth-order valence-corrected chi connectivity index (χ4v) is 1.26. The molecule has 0 amide bonds. The zero-order chi connectivity index (χ0) is 10.3. The highest BCUT2D eigenvalue weighted by Gasteiger charge is 2.26. The van der Waals surface area contributed by atoms with Gasteiger partial charge >= 0.3 is 0 Å². The highest BCUT2D eigenvalue weighted by atomic mass is 16.3. The van der Waals surface area contributed by atoms with Gasteiger partial charge < -0.3 is 21.1 Å². The van der Waals surface area contributed by atoms with Crippen molar-refractivity contribution < 1.29 is 15.3 Å². The first-order valence-electron chi connectivity index (χ1n) is 4.40. The van der Waals surface area contributed by atoms with Gasteiger partial charge in [0.15, 0.2) is 0 Å². The Hall–Kier alpha value is -0.420. The summed E-state index contributed by atoms with van der Waals surface area (Å²) >= 11 is 0. The second-order valence-corrected chi connectivity index (χ2v) is 3.18. The van der Waals surface area contributed by atoms with Crippen LogP contribution in [0.4, 0.5) is 0 Å². The summed E-state index contributed by atoms with van der Waals surface area (Å²) in [6.45, 7) is 3.66. The Kier molecular flexibility index (Phi) is 5.90. The lowest BCUT2D eigenvalue weighted by atomic mass is 9.84. The van der Waals surface area contributed by atoms with Crippen LogP contribution in [0.5, 0.6) is 0 Å². The maximum atomic E-state index is 8.78. The van der Waals surface area contributed by atoms with E-state index in [-0.39, 0.29) is 19.8 Å². The van der Waals surface area contributed by atoms with Crippen molar-refractivity contribution in [2.45, 2.75) is 24.8 Å². The minimum Gasteiger partial charge on any atom is -0.396 e. The molecule has 5 N–H and O–H groups in total. The van der Waals surface area contributed by atoms with E-state index >= 15 is 0 Å². The summed E-state index contributed by atoms with van der Waals surface area (Å²) in [6.07, 6.45) is 1.15. The average Bonchev–Trinajstić information content (AvgIpc) is 2.05. The Balaban J connectivity index is 4.27. The van der Waals surface area contributed by atoms with Crippen molar-refractivity contribution >= 4 is 0 Å². The first-order valence-corrected chi connectivity index (χ1v) is 4.40. The normalized spacial score (nSPS) is 11.7. The highest BCUT2D eigenvalue weighted by Crippen LogP contribution is 2.22. The molecule has 78 valence electrons. The fourth-order valence-electron chi connectivity index (χ4n) is 1.26. The van der Waals surface area contributed by atoms with E-state index in [1.54, 1.807) is 0 Å². The molecule has 0 aromatic rings. The van der Waals surface area contributed by atoms with Crippen LogP contribution >= 0.6 is 0 Å². The van der Waals surface area contributed by atoms with E-state index in [0.717, 1.165) is 0 Å². The van der Waals surface area contributed by atoms with E-state index in [0.29, 0.717) is 24.8 Å². The van der Waals surface area contributed by atoms with E-state index in [2.05, 4.69) is 6.58 Å². The minimum atomic E-state index is -0.744. The van der Waals surface area contributed by atoms with Crippen molar-refractivity contribution in [1.82, 2.24) is 0 Å². The first kappa shape index (κ1) is 12.6. The molecule has 0 unspecified atom stereocenters. The van der Waals surface area contributed by atoms with Crippen molar-refractivity contribution in [2.24, 2.45) is 5.73 Å². The molecular formula is C9H19NO3. The van der Waals surface area contributed by atoms with E-state index in [9.17, 15) is 0 Å². The van der Waals surface area contributed by atoms with Crippen molar-refractivity contribution in [3.05, 3.63) is 12.2 Å². The molecule has 13 heavy (non-hydrogen) atoms. The van der Waals surface area contributed by atoms with Crippen LogP contribution in [0.25, 0.3) is 0 Å². The van der Waals surface area contributed by atoms with Crippen LogP contribution in [0.1, 0.15) is 19.3 Å². The molecule has 0 saturated carbocycles. The van der Waals surface area contributed by atoms with Crippen LogP contribution in [0, 0.1) is 0 Å². The molecule has 0 aliphatic carbocycles. The highest BCUT2D eigenvalue weighted by molar-refractivity contribution is 5.15. The van der Waals surface area contributed by atoms with Gasteiger partial charge in [0.2, 0.25) is 0 Å². The molecule has 0 aliphatic heterocycles. The number of nitrogens with two attached hydrogens (primary N) is 1. The second-order valence-electron chi connectivity index (χ2n) is 3.18. The van der Waals surface area contributed by atoms with Crippen molar-refractivity contribution in [3.63, 3.8) is 0 Å². The van der Waals surface area contributed by atoms with Gasteiger partial charge in [0.05, 0.1) is 0 Å². The Morgan fingerprint density at radius 2 is 1.54 bits per heavy atom. The molecule has 4 nitrogen and oxygen atoms in total. The molecule has 0 fully saturated rings. The lowest BCUT2D eigenvalue weighted by Crippen LogP contribution is -2.43. The van der Waals surface area contributed by atoms with Gasteiger partial charge in [-0.2, -0.15) is 0 Å². The Labute approximate surface area is 78.7 Å². The average molecular weight is 189 g/mol. The summed E-state index contributed by atoms with van der Waals surface area (Å²) in [4.78, 5) is 0. The zero-order valence-electron chi connectivity index (χ0n) is 7.87. The predicted molar refractivity (Wildman–Crippen MR) is 51.2 cm³/mol. The molecule has 0 radical (unpaired) electrons. The molecule has 0 aromatic heterocycles. The van der Waals surface area contributed by atoms with Crippen LogP contribution in [-0.2, 0) is 0 Å². The fraction of sp³-hybridized carbons (Fsp3) is 0.778. The summed E-state index contributed by atoms with van der Waals surface area (Å²) in [7, 11) is 0. The third-order valence-corrected chi connectivity index (χ3v) is 2.23. The molecule has 0 aliphatic rings. The summed E-state index contributed by atoms with van der Waals surface area (Å²) in [5.41, 5.74) is 5.85. The van der Waals surface area contributed by atoms with Gasteiger partial charge in [0.1, 0.15) is 0 Å². The Morgan fingerprint density at radius 3 is 1.85 bits per heavy atom.